The predicted molar refractivity (Wildman–Crippen MR) is 177 cm³/mol. The molecule has 0 bridgehead atoms. The normalized spacial score (nSPS) is 15.9. The number of H-pyrrole nitrogens is 1. The molecule has 3 atom stereocenters. The lowest BCUT2D eigenvalue weighted by atomic mass is 9.90. The van der Waals surface area contributed by atoms with Crippen molar-refractivity contribution in [1.82, 2.24) is 20.9 Å². The maximum absolute atomic E-state index is 13.7. The van der Waals surface area contributed by atoms with Gasteiger partial charge in [0.05, 0.1) is 18.7 Å². The van der Waals surface area contributed by atoms with Crippen molar-refractivity contribution in [3.63, 3.8) is 0 Å². The molecule has 246 valence electrons. The summed E-state index contributed by atoms with van der Waals surface area (Å²) in [6, 6.07) is 17.5. The van der Waals surface area contributed by atoms with E-state index in [0.717, 1.165) is 17.2 Å². The van der Waals surface area contributed by atoms with Gasteiger partial charge in [-0.05, 0) is 66.6 Å². The van der Waals surface area contributed by atoms with Crippen molar-refractivity contribution in [2.45, 2.75) is 51.6 Å². The molecule has 47 heavy (non-hydrogen) atoms. The number of ether oxygens (including phenoxy) is 2. The van der Waals surface area contributed by atoms with Crippen LogP contribution in [0.15, 0.2) is 66.7 Å². The van der Waals surface area contributed by atoms with E-state index in [4.69, 9.17) is 9.47 Å². The van der Waals surface area contributed by atoms with E-state index in [9.17, 15) is 24.0 Å². The van der Waals surface area contributed by atoms with Crippen LogP contribution in [0.4, 0.5) is 0 Å². The van der Waals surface area contributed by atoms with Crippen molar-refractivity contribution in [2.75, 3.05) is 20.3 Å². The maximum Gasteiger partial charge on any atom is 0.339 e. The highest BCUT2D eigenvalue weighted by molar-refractivity contribution is 6.05. The van der Waals surface area contributed by atoms with Gasteiger partial charge in [-0.2, -0.15) is 0 Å². The molecule has 1 aromatic heterocycles. The van der Waals surface area contributed by atoms with Crippen molar-refractivity contribution < 1.29 is 33.4 Å². The number of ketones is 1. The van der Waals surface area contributed by atoms with Crippen molar-refractivity contribution in [3.8, 4) is 5.75 Å². The second-order valence-electron chi connectivity index (χ2n) is 12.3. The number of esters is 1. The van der Waals surface area contributed by atoms with Crippen LogP contribution >= 0.6 is 0 Å². The second-order valence-corrected chi connectivity index (χ2v) is 12.3. The molecular weight excluding hydrogens is 600 g/mol. The smallest absolute Gasteiger partial charge is 0.339 e. The number of benzene rings is 3. The van der Waals surface area contributed by atoms with Crippen molar-refractivity contribution in [2.24, 2.45) is 11.8 Å². The Morgan fingerprint density at radius 1 is 0.936 bits per heavy atom. The quantitative estimate of drug-likeness (QED) is 0.159. The number of carbonyl (C=O) groups excluding carboxylic acids is 5. The fraction of sp³-hybridized carbons (Fsp3) is 0.361. The van der Waals surface area contributed by atoms with Gasteiger partial charge in [0.2, 0.25) is 11.8 Å². The van der Waals surface area contributed by atoms with Gasteiger partial charge in [0.25, 0.3) is 5.91 Å². The number of methoxy groups -OCH3 is 1. The average Bonchev–Trinajstić information content (AvgIpc) is 3.52. The van der Waals surface area contributed by atoms with E-state index in [0.29, 0.717) is 41.6 Å². The molecule has 4 aromatic rings. The minimum Gasteiger partial charge on any atom is -0.496 e. The van der Waals surface area contributed by atoms with Gasteiger partial charge in [0, 0.05) is 23.4 Å². The summed E-state index contributed by atoms with van der Waals surface area (Å²) in [5, 5.41) is 10.7. The maximum atomic E-state index is 13.7. The summed E-state index contributed by atoms with van der Waals surface area (Å²) in [6.45, 7) is 3.79. The van der Waals surface area contributed by atoms with Crippen LogP contribution in [-0.2, 0) is 19.1 Å². The number of hydrogen-bond donors (Lipinski definition) is 4. The van der Waals surface area contributed by atoms with Gasteiger partial charge in [-0.1, -0.05) is 56.3 Å². The SMILES string of the molecule is COc1cccc2[nH]c(C(=O)N[C@@H](CC(C)C)C(=O)N[C@@H](C[C@@H]3CCCNC3=O)C(=O)COC(=O)c3cccc4ccccc34)cc12. The zero-order chi connectivity index (χ0) is 33.5. The van der Waals surface area contributed by atoms with Crippen LogP contribution in [0.1, 0.15) is 60.4 Å². The molecule has 4 N–H and O–H groups in total. The minimum absolute atomic E-state index is 0.0220. The highest BCUT2D eigenvalue weighted by Gasteiger charge is 2.33. The van der Waals surface area contributed by atoms with Crippen LogP contribution in [-0.4, -0.2) is 66.8 Å². The summed E-state index contributed by atoms with van der Waals surface area (Å²) in [4.78, 5) is 69.4. The fourth-order valence-corrected chi connectivity index (χ4v) is 5.97. The molecule has 11 nitrogen and oxygen atoms in total. The summed E-state index contributed by atoms with van der Waals surface area (Å²) in [7, 11) is 1.55. The van der Waals surface area contributed by atoms with Gasteiger partial charge < -0.3 is 30.4 Å². The number of nitrogens with one attached hydrogen (secondary N) is 4. The number of Topliss-reactive ketones (excluding diaryl/α,β-unsaturated/α-hetero) is 1. The van der Waals surface area contributed by atoms with E-state index in [1.165, 1.54) is 0 Å². The third-order valence-electron chi connectivity index (χ3n) is 8.40. The second kappa shape index (κ2) is 14.9. The first kappa shape index (κ1) is 33.2. The molecule has 0 saturated carbocycles. The first-order chi connectivity index (χ1) is 22.6. The van der Waals surface area contributed by atoms with Crippen molar-refractivity contribution >= 4 is 51.1 Å². The lowest BCUT2D eigenvalue weighted by Crippen LogP contribution is -2.54. The van der Waals surface area contributed by atoms with Crippen LogP contribution in [0.3, 0.4) is 0 Å². The molecule has 1 saturated heterocycles. The Hall–Kier alpha value is -5.19. The summed E-state index contributed by atoms with van der Waals surface area (Å²) >= 11 is 0. The summed E-state index contributed by atoms with van der Waals surface area (Å²) < 4.78 is 10.8. The lowest BCUT2D eigenvalue weighted by Gasteiger charge is -2.28. The molecule has 0 aliphatic carbocycles. The van der Waals surface area contributed by atoms with Crippen LogP contribution in [0, 0.1) is 11.8 Å². The standard InChI is InChI=1S/C36H40N4O7/c1-21(2)17-29(40-35(44)30-19-26-27(38-30)14-7-15-32(26)46-3)34(43)39-28(18-23-11-8-16-37-33(23)42)31(41)20-47-36(45)25-13-6-10-22-9-4-5-12-24(22)25/h4-7,9-10,12-15,19,21,23,28-29,38H,8,11,16-18,20H2,1-3H3,(H,37,42)(H,39,43)(H,40,44)/t23-,28-,29-/m0/s1. The molecule has 3 aromatic carbocycles. The molecule has 5 rings (SSSR count). The number of aromatic nitrogens is 1. The van der Waals surface area contributed by atoms with Gasteiger partial charge in [0.1, 0.15) is 17.5 Å². The van der Waals surface area contributed by atoms with E-state index in [1.54, 1.807) is 43.5 Å². The van der Waals surface area contributed by atoms with Gasteiger partial charge in [-0.15, -0.1) is 0 Å². The number of amides is 3. The highest BCUT2D eigenvalue weighted by atomic mass is 16.5. The third-order valence-corrected chi connectivity index (χ3v) is 8.40. The number of hydrogen-bond acceptors (Lipinski definition) is 7. The van der Waals surface area contributed by atoms with Crippen LogP contribution in [0.25, 0.3) is 21.7 Å². The number of carbonyl (C=O) groups is 5. The number of fused-ring (bicyclic) bond motifs is 2. The Bertz CT molecular complexity index is 1790. The molecule has 11 heteroatoms. The number of aromatic amines is 1. The average molecular weight is 641 g/mol. The van der Waals surface area contributed by atoms with E-state index >= 15 is 0 Å². The van der Waals surface area contributed by atoms with Gasteiger partial charge >= 0.3 is 5.97 Å². The molecule has 2 heterocycles. The lowest BCUT2D eigenvalue weighted by molar-refractivity contribution is -0.133. The van der Waals surface area contributed by atoms with E-state index in [-0.39, 0.29) is 23.9 Å². The topological polar surface area (TPSA) is 156 Å². The Labute approximate surface area is 272 Å². The Balaban J connectivity index is 1.32. The first-order valence-electron chi connectivity index (χ1n) is 15.9. The molecule has 0 spiro atoms. The largest absolute Gasteiger partial charge is 0.496 e. The third kappa shape index (κ3) is 7.97. The van der Waals surface area contributed by atoms with Gasteiger partial charge in [-0.25, -0.2) is 4.79 Å². The number of rotatable bonds is 13. The zero-order valence-electron chi connectivity index (χ0n) is 26.8. The fourth-order valence-electron chi connectivity index (χ4n) is 5.97. The van der Waals surface area contributed by atoms with E-state index in [1.807, 2.05) is 44.2 Å². The Morgan fingerprint density at radius 2 is 1.70 bits per heavy atom. The Kier molecular flexibility index (Phi) is 10.5. The van der Waals surface area contributed by atoms with Crippen LogP contribution in [0.2, 0.25) is 0 Å². The molecular formula is C36H40N4O7. The van der Waals surface area contributed by atoms with Gasteiger partial charge in [0.15, 0.2) is 12.4 Å². The first-order valence-corrected chi connectivity index (χ1v) is 15.9. The molecule has 0 radical (unpaired) electrons. The summed E-state index contributed by atoms with van der Waals surface area (Å²) in [5.41, 5.74) is 1.27. The summed E-state index contributed by atoms with van der Waals surface area (Å²) in [5.74, 6) is -2.38. The predicted octanol–water partition coefficient (Wildman–Crippen LogP) is 4.30. The van der Waals surface area contributed by atoms with Crippen LogP contribution < -0.4 is 20.7 Å². The number of piperidine rings is 1. The molecule has 0 unspecified atom stereocenters. The molecule has 3 amide bonds. The molecule has 1 aliphatic heterocycles. The summed E-state index contributed by atoms with van der Waals surface area (Å²) in [6.07, 6.45) is 1.62. The van der Waals surface area contributed by atoms with Crippen LogP contribution in [0.5, 0.6) is 5.75 Å². The van der Waals surface area contributed by atoms with E-state index in [2.05, 4.69) is 20.9 Å². The molecule has 1 aliphatic rings. The zero-order valence-corrected chi connectivity index (χ0v) is 26.8. The van der Waals surface area contributed by atoms with Crippen molar-refractivity contribution in [1.29, 1.82) is 0 Å². The minimum atomic E-state index is -1.12. The highest BCUT2D eigenvalue weighted by Crippen LogP contribution is 2.26. The monoisotopic (exact) mass is 640 g/mol. The Morgan fingerprint density at radius 3 is 2.47 bits per heavy atom. The van der Waals surface area contributed by atoms with Gasteiger partial charge in [-0.3, -0.25) is 19.2 Å². The molecule has 1 fully saturated rings. The van der Waals surface area contributed by atoms with Crippen molar-refractivity contribution in [3.05, 3.63) is 78.0 Å². The van der Waals surface area contributed by atoms with E-state index < -0.39 is 48.2 Å².